The molecule has 116 valence electrons. The van der Waals surface area contributed by atoms with Crippen LogP contribution >= 0.6 is 0 Å². The molecule has 4 nitrogen and oxygen atoms in total. The van der Waals surface area contributed by atoms with Crippen LogP contribution in [0.15, 0.2) is 42.9 Å². The van der Waals surface area contributed by atoms with E-state index in [4.69, 9.17) is 0 Å². The van der Waals surface area contributed by atoms with Gasteiger partial charge in [0.1, 0.15) is 6.17 Å². The molecule has 2 aromatic heterocycles. The van der Waals surface area contributed by atoms with Gasteiger partial charge in [-0.1, -0.05) is 0 Å². The van der Waals surface area contributed by atoms with Gasteiger partial charge in [0.05, 0.1) is 11.9 Å². The molecule has 3 heterocycles. The number of aromatic nitrogens is 2. The van der Waals surface area contributed by atoms with E-state index in [1.54, 1.807) is 12.4 Å². The number of hydrogen-bond acceptors (Lipinski definition) is 4. The second-order valence-electron chi connectivity index (χ2n) is 5.83. The Labute approximate surface area is 130 Å². The highest BCUT2D eigenvalue weighted by atomic mass is 19.1. The molecule has 0 aromatic carbocycles. The first-order chi connectivity index (χ1) is 10.7. The Morgan fingerprint density at radius 3 is 3.00 bits per heavy atom. The van der Waals surface area contributed by atoms with Crippen LogP contribution in [0.3, 0.4) is 0 Å². The number of pyridine rings is 2. The Morgan fingerprint density at radius 1 is 1.32 bits per heavy atom. The van der Waals surface area contributed by atoms with Crippen molar-refractivity contribution in [3.05, 3.63) is 54.1 Å². The number of nitrogens with zero attached hydrogens (tertiary/aromatic N) is 3. The average molecular weight is 300 g/mol. The quantitative estimate of drug-likeness (QED) is 0.942. The smallest absolute Gasteiger partial charge is 0.119 e. The van der Waals surface area contributed by atoms with Gasteiger partial charge in [-0.05, 0) is 43.2 Å². The number of piperidine rings is 1. The average Bonchev–Trinajstić information content (AvgIpc) is 2.53. The molecule has 2 atom stereocenters. The van der Waals surface area contributed by atoms with Crippen LogP contribution in [-0.2, 0) is 6.54 Å². The highest BCUT2D eigenvalue weighted by Crippen LogP contribution is 2.21. The Morgan fingerprint density at radius 2 is 2.23 bits per heavy atom. The van der Waals surface area contributed by atoms with Crippen molar-refractivity contribution >= 4 is 5.69 Å². The van der Waals surface area contributed by atoms with E-state index < -0.39 is 6.17 Å². The summed E-state index contributed by atoms with van der Waals surface area (Å²) in [5.41, 5.74) is 3.17. The van der Waals surface area contributed by atoms with Crippen LogP contribution in [0.5, 0.6) is 0 Å². The molecule has 0 bridgehead atoms. The summed E-state index contributed by atoms with van der Waals surface area (Å²) in [7, 11) is 0. The normalized spacial score (nSPS) is 21.8. The van der Waals surface area contributed by atoms with E-state index in [0.717, 1.165) is 24.5 Å². The van der Waals surface area contributed by atoms with E-state index in [-0.39, 0.29) is 6.04 Å². The maximum absolute atomic E-state index is 14.0. The summed E-state index contributed by atoms with van der Waals surface area (Å²) < 4.78 is 14.0. The van der Waals surface area contributed by atoms with E-state index in [2.05, 4.69) is 26.3 Å². The van der Waals surface area contributed by atoms with Gasteiger partial charge in [-0.15, -0.1) is 0 Å². The Bertz CT molecular complexity index is 605. The van der Waals surface area contributed by atoms with E-state index in [9.17, 15) is 4.39 Å². The number of anilines is 1. The highest BCUT2D eigenvalue weighted by molar-refractivity contribution is 5.44. The molecule has 1 aliphatic heterocycles. The van der Waals surface area contributed by atoms with E-state index in [1.807, 2.05) is 31.3 Å². The van der Waals surface area contributed by atoms with E-state index in [1.165, 1.54) is 5.56 Å². The second-order valence-corrected chi connectivity index (χ2v) is 5.83. The number of aryl methyl sites for hydroxylation is 1. The molecule has 0 amide bonds. The molecule has 1 N–H and O–H groups in total. The number of rotatable bonds is 4. The Kier molecular flexibility index (Phi) is 4.63. The summed E-state index contributed by atoms with van der Waals surface area (Å²) in [6, 6.07) is 8.06. The van der Waals surface area contributed by atoms with Crippen LogP contribution in [0.25, 0.3) is 0 Å². The van der Waals surface area contributed by atoms with Crippen molar-refractivity contribution in [2.75, 3.05) is 18.0 Å². The number of hydrogen-bond donors (Lipinski definition) is 1. The molecule has 22 heavy (non-hydrogen) atoms. The summed E-state index contributed by atoms with van der Waals surface area (Å²) in [5, 5.41) is 3.47. The van der Waals surface area contributed by atoms with Crippen LogP contribution in [0, 0.1) is 6.92 Å². The molecule has 5 heteroatoms. The molecular formula is C17H21FN4. The van der Waals surface area contributed by atoms with Gasteiger partial charge in [0.15, 0.2) is 0 Å². The van der Waals surface area contributed by atoms with Crippen molar-refractivity contribution in [1.29, 1.82) is 0 Å². The van der Waals surface area contributed by atoms with Crippen LogP contribution in [0.2, 0.25) is 0 Å². The minimum Gasteiger partial charge on any atom is -0.366 e. The fraction of sp³-hybridized carbons (Fsp3) is 0.412. The molecule has 1 saturated heterocycles. The van der Waals surface area contributed by atoms with Crippen molar-refractivity contribution in [2.24, 2.45) is 0 Å². The summed E-state index contributed by atoms with van der Waals surface area (Å²) >= 11 is 0. The summed E-state index contributed by atoms with van der Waals surface area (Å²) in [6.45, 7) is 3.96. The van der Waals surface area contributed by atoms with Crippen LogP contribution in [0.4, 0.5) is 10.1 Å². The lowest BCUT2D eigenvalue weighted by Crippen LogP contribution is -2.50. The Balaban J connectivity index is 1.61. The van der Waals surface area contributed by atoms with Gasteiger partial charge in [-0.25, -0.2) is 4.39 Å². The molecule has 2 aromatic rings. The molecular weight excluding hydrogens is 279 g/mol. The first-order valence-corrected chi connectivity index (χ1v) is 7.64. The molecule has 3 rings (SSSR count). The van der Waals surface area contributed by atoms with Gasteiger partial charge >= 0.3 is 0 Å². The largest absolute Gasteiger partial charge is 0.366 e. The third-order valence-corrected chi connectivity index (χ3v) is 3.97. The standard InChI is InChI=1S/C17H21FN4/c1-13-7-14(4-6-20-13)9-21-16-8-15(18)11-22(12-16)17-3-2-5-19-10-17/h2-7,10,15-16,21H,8-9,11-12H2,1H3. The maximum atomic E-state index is 14.0. The zero-order chi connectivity index (χ0) is 15.4. The van der Waals surface area contributed by atoms with Crippen molar-refractivity contribution in [3.8, 4) is 0 Å². The van der Waals surface area contributed by atoms with Gasteiger partial charge in [-0.3, -0.25) is 9.97 Å². The number of alkyl halides is 1. The van der Waals surface area contributed by atoms with Crippen LogP contribution in [0.1, 0.15) is 17.7 Å². The lowest BCUT2D eigenvalue weighted by molar-refractivity contribution is 0.248. The van der Waals surface area contributed by atoms with Gasteiger partial charge in [0.2, 0.25) is 0 Å². The molecule has 0 radical (unpaired) electrons. The van der Waals surface area contributed by atoms with Gasteiger partial charge in [-0.2, -0.15) is 0 Å². The lowest BCUT2D eigenvalue weighted by atomic mass is 10.0. The zero-order valence-corrected chi connectivity index (χ0v) is 12.7. The van der Waals surface area contributed by atoms with E-state index in [0.29, 0.717) is 13.0 Å². The molecule has 0 aliphatic carbocycles. The van der Waals surface area contributed by atoms with Crippen molar-refractivity contribution < 1.29 is 4.39 Å². The molecule has 0 saturated carbocycles. The predicted octanol–water partition coefficient (Wildman–Crippen LogP) is 2.49. The molecule has 2 unspecified atom stereocenters. The first kappa shape index (κ1) is 14.9. The van der Waals surface area contributed by atoms with Crippen molar-refractivity contribution in [3.63, 3.8) is 0 Å². The second kappa shape index (κ2) is 6.83. The molecule has 1 fully saturated rings. The topological polar surface area (TPSA) is 41.0 Å². The van der Waals surface area contributed by atoms with Crippen molar-refractivity contribution in [2.45, 2.75) is 32.1 Å². The van der Waals surface area contributed by atoms with Crippen molar-refractivity contribution in [1.82, 2.24) is 15.3 Å². The van der Waals surface area contributed by atoms with E-state index >= 15 is 0 Å². The third kappa shape index (κ3) is 3.80. The Hall–Kier alpha value is -2.01. The summed E-state index contributed by atoms with van der Waals surface area (Å²) in [4.78, 5) is 10.4. The fourth-order valence-corrected chi connectivity index (χ4v) is 2.91. The molecule has 0 spiro atoms. The number of halogens is 1. The summed E-state index contributed by atoms with van der Waals surface area (Å²) in [5.74, 6) is 0. The van der Waals surface area contributed by atoms with Gasteiger partial charge in [0.25, 0.3) is 0 Å². The van der Waals surface area contributed by atoms with Gasteiger partial charge in [0, 0.05) is 43.8 Å². The maximum Gasteiger partial charge on any atom is 0.119 e. The first-order valence-electron chi connectivity index (χ1n) is 7.64. The zero-order valence-electron chi connectivity index (χ0n) is 12.7. The summed E-state index contributed by atoms with van der Waals surface area (Å²) in [6.07, 6.45) is 5.09. The third-order valence-electron chi connectivity index (χ3n) is 3.97. The van der Waals surface area contributed by atoms with Crippen LogP contribution < -0.4 is 10.2 Å². The number of nitrogens with one attached hydrogen (secondary N) is 1. The minimum atomic E-state index is -0.814. The SMILES string of the molecule is Cc1cc(CNC2CC(F)CN(c3cccnc3)C2)ccn1. The molecule has 1 aliphatic rings. The fourth-order valence-electron chi connectivity index (χ4n) is 2.91. The minimum absolute atomic E-state index is 0.137. The lowest BCUT2D eigenvalue weighted by Gasteiger charge is -2.36. The van der Waals surface area contributed by atoms with Crippen LogP contribution in [-0.4, -0.2) is 35.3 Å². The highest BCUT2D eigenvalue weighted by Gasteiger charge is 2.27. The predicted molar refractivity (Wildman–Crippen MR) is 85.6 cm³/mol. The monoisotopic (exact) mass is 300 g/mol. The van der Waals surface area contributed by atoms with Gasteiger partial charge < -0.3 is 10.2 Å².